The molecule has 3 N–H and O–H groups in total. The lowest BCUT2D eigenvalue weighted by Crippen LogP contribution is -2.49. The summed E-state index contributed by atoms with van der Waals surface area (Å²) < 4.78 is 0. The lowest BCUT2D eigenvalue weighted by molar-refractivity contribution is 0.211. The van der Waals surface area contributed by atoms with Gasteiger partial charge in [0.25, 0.3) is 0 Å². The molecule has 5 nitrogen and oxygen atoms in total. The van der Waals surface area contributed by atoms with Crippen molar-refractivity contribution >= 4 is 6.03 Å². The van der Waals surface area contributed by atoms with Crippen molar-refractivity contribution in [2.75, 3.05) is 20.1 Å². The first-order valence-electron chi connectivity index (χ1n) is 8.06. The van der Waals surface area contributed by atoms with Gasteiger partial charge in [-0.05, 0) is 70.4 Å². The number of amides is 2. The van der Waals surface area contributed by atoms with Crippen molar-refractivity contribution in [3.05, 3.63) is 29.8 Å². The van der Waals surface area contributed by atoms with E-state index in [4.69, 9.17) is 0 Å². The first kappa shape index (κ1) is 16.6. The number of aromatic hydroxyl groups is 1. The van der Waals surface area contributed by atoms with E-state index in [1.165, 1.54) is 5.56 Å². The van der Waals surface area contributed by atoms with Gasteiger partial charge in [0.2, 0.25) is 0 Å². The van der Waals surface area contributed by atoms with Crippen LogP contribution in [0.1, 0.15) is 31.7 Å². The Morgan fingerprint density at radius 3 is 2.59 bits per heavy atom. The van der Waals surface area contributed by atoms with Gasteiger partial charge in [-0.1, -0.05) is 12.1 Å². The topological polar surface area (TPSA) is 64.6 Å². The van der Waals surface area contributed by atoms with Crippen LogP contribution in [0.2, 0.25) is 0 Å². The number of hydrogen-bond acceptors (Lipinski definition) is 3. The Hall–Kier alpha value is -1.75. The number of carbonyl (C=O) groups is 1. The normalized spacial score (nSPS) is 17.9. The van der Waals surface area contributed by atoms with E-state index >= 15 is 0 Å². The highest BCUT2D eigenvalue weighted by Crippen LogP contribution is 2.12. The average Bonchev–Trinajstić information content (AvgIpc) is 2.49. The average molecular weight is 305 g/mol. The number of rotatable bonds is 5. The maximum atomic E-state index is 12.0. The number of piperidine rings is 1. The van der Waals surface area contributed by atoms with Gasteiger partial charge in [0.15, 0.2) is 0 Å². The predicted molar refractivity (Wildman–Crippen MR) is 88.1 cm³/mol. The Labute approximate surface area is 132 Å². The summed E-state index contributed by atoms with van der Waals surface area (Å²) in [7, 11) is 2.11. The fraction of sp³-hybridized carbons (Fsp3) is 0.588. The van der Waals surface area contributed by atoms with Crippen molar-refractivity contribution in [1.82, 2.24) is 15.5 Å². The molecule has 0 saturated carbocycles. The quantitative estimate of drug-likeness (QED) is 0.780. The SMILES string of the molecule is CC(CCc1ccc(O)cc1)NC(=O)NC1CCN(C)CC1. The van der Waals surface area contributed by atoms with Crippen LogP contribution in [0.5, 0.6) is 5.75 Å². The van der Waals surface area contributed by atoms with Crippen LogP contribution in [0.15, 0.2) is 24.3 Å². The van der Waals surface area contributed by atoms with Crippen LogP contribution in [0.25, 0.3) is 0 Å². The standard InChI is InChI=1S/C17H27N3O2/c1-13(3-4-14-5-7-16(21)8-6-14)18-17(22)19-15-9-11-20(2)12-10-15/h5-8,13,15,21H,3-4,9-12H2,1-2H3,(H2,18,19,22). The van der Waals surface area contributed by atoms with Gasteiger partial charge in [-0.3, -0.25) is 0 Å². The number of urea groups is 1. The van der Waals surface area contributed by atoms with Crippen LogP contribution in [0.4, 0.5) is 4.79 Å². The Morgan fingerprint density at radius 2 is 1.95 bits per heavy atom. The molecule has 122 valence electrons. The molecule has 1 heterocycles. The minimum Gasteiger partial charge on any atom is -0.508 e. The van der Waals surface area contributed by atoms with Gasteiger partial charge in [0.1, 0.15) is 5.75 Å². The molecular formula is C17H27N3O2. The summed E-state index contributed by atoms with van der Waals surface area (Å²) in [6.45, 7) is 4.11. The highest BCUT2D eigenvalue weighted by Gasteiger charge is 2.18. The zero-order valence-electron chi connectivity index (χ0n) is 13.5. The maximum Gasteiger partial charge on any atom is 0.315 e. The zero-order chi connectivity index (χ0) is 15.9. The van der Waals surface area contributed by atoms with E-state index < -0.39 is 0 Å². The zero-order valence-corrected chi connectivity index (χ0v) is 13.5. The van der Waals surface area contributed by atoms with Crippen LogP contribution >= 0.6 is 0 Å². The summed E-state index contributed by atoms with van der Waals surface area (Å²) in [4.78, 5) is 14.3. The second-order valence-corrected chi connectivity index (χ2v) is 6.30. The fourth-order valence-electron chi connectivity index (χ4n) is 2.72. The smallest absolute Gasteiger partial charge is 0.315 e. The van der Waals surface area contributed by atoms with E-state index in [9.17, 15) is 9.90 Å². The van der Waals surface area contributed by atoms with Gasteiger partial charge >= 0.3 is 6.03 Å². The summed E-state index contributed by atoms with van der Waals surface area (Å²) in [5.41, 5.74) is 1.17. The van der Waals surface area contributed by atoms with E-state index in [-0.39, 0.29) is 17.8 Å². The fourth-order valence-corrected chi connectivity index (χ4v) is 2.72. The molecule has 2 rings (SSSR count). The number of nitrogens with zero attached hydrogens (tertiary/aromatic N) is 1. The van der Waals surface area contributed by atoms with Crippen molar-refractivity contribution in [1.29, 1.82) is 0 Å². The molecule has 1 aromatic rings. The van der Waals surface area contributed by atoms with Crippen LogP contribution in [-0.4, -0.2) is 48.3 Å². The highest BCUT2D eigenvalue weighted by molar-refractivity contribution is 5.74. The van der Waals surface area contributed by atoms with E-state index in [0.717, 1.165) is 38.8 Å². The Balaban J connectivity index is 1.66. The van der Waals surface area contributed by atoms with Crippen LogP contribution in [0, 0.1) is 0 Å². The van der Waals surface area contributed by atoms with Crippen molar-refractivity contribution in [2.24, 2.45) is 0 Å². The summed E-state index contributed by atoms with van der Waals surface area (Å²) >= 11 is 0. The number of hydrogen-bond donors (Lipinski definition) is 3. The lowest BCUT2D eigenvalue weighted by atomic mass is 10.1. The molecule has 0 spiro atoms. The number of aryl methyl sites for hydroxylation is 1. The third-order valence-corrected chi connectivity index (χ3v) is 4.23. The number of likely N-dealkylation sites (tertiary alicyclic amines) is 1. The number of benzene rings is 1. The molecule has 0 bridgehead atoms. The molecule has 0 radical (unpaired) electrons. The van der Waals surface area contributed by atoms with E-state index in [2.05, 4.69) is 22.6 Å². The second kappa shape index (κ2) is 8.03. The predicted octanol–water partition coefficient (Wildman–Crippen LogP) is 2.11. The molecule has 1 aromatic carbocycles. The van der Waals surface area contributed by atoms with Gasteiger partial charge in [-0.2, -0.15) is 0 Å². The van der Waals surface area contributed by atoms with Crippen molar-refractivity contribution in [2.45, 2.75) is 44.7 Å². The van der Waals surface area contributed by atoms with E-state index in [0.29, 0.717) is 6.04 Å². The van der Waals surface area contributed by atoms with Crippen molar-refractivity contribution in [3.63, 3.8) is 0 Å². The monoisotopic (exact) mass is 305 g/mol. The molecule has 1 saturated heterocycles. The molecule has 5 heteroatoms. The maximum absolute atomic E-state index is 12.0. The molecule has 1 aliphatic rings. The Bertz CT molecular complexity index is 467. The summed E-state index contributed by atoms with van der Waals surface area (Å²) in [6.07, 6.45) is 3.80. The minimum atomic E-state index is -0.0623. The van der Waals surface area contributed by atoms with E-state index in [1.54, 1.807) is 12.1 Å². The summed E-state index contributed by atoms with van der Waals surface area (Å²) in [5, 5.41) is 15.3. The first-order chi connectivity index (χ1) is 10.5. The molecule has 0 aliphatic carbocycles. The Morgan fingerprint density at radius 1 is 1.32 bits per heavy atom. The Kier molecular flexibility index (Phi) is 6.07. The molecule has 1 unspecified atom stereocenters. The van der Waals surface area contributed by atoms with Gasteiger partial charge in [-0.15, -0.1) is 0 Å². The molecule has 2 amide bonds. The van der Waals surface area contributed by atoms with Gasteiger partial charge in [0.05, 0.1) is 0 Å². The van der Waals surface area contributed by atoms with Gasteiger partial charge < -0.3 is 20.6 Å². The second-order valence-electron chi connectivity index (χ2n) is 6.30. The molecular weight excluding hydrogens is 278 g/mol. The molecule has 0 aromatic heterocycles. The highest BCUT2D eigenvalue weighted by atomic mass is 16.3. The molecule has 22 heavy (non-hydrogen) atoms. The third kappa shape index (κ3) is 5.56. The molecule has 1 atom stereocenters. The lowest BCUT2D eigenvalue weighted by Gasteiger charge is -2.29. The molecule has 1 fully saturated rings. The van der Waals surface area contributed by atoms with Crippen molar-refractivity contribution < 1.29 is 9.90 Å². The number of carbonyl (C=O) groups excluding carboxylic acids is 1. The summed E-state index contributed by atoms with van der Waals surface area (Å²) in [6, 6.07) is 7.58. The third-order valence-electron chi connectivity index (χ3n) is 4.23. The van der Waals surface area contributed by atoms with Crippen molar-refractivity contribution in [3.8, 4) is 5.75 Å². The first-order valence-corrected chi connectivity index (χ1v) is 8.06. The van der Waals surface area contributed by atoms with Crippen LogP contribution < -0.4 is 10.6 Å². The number of phenols is 1. The number of nitrogens with one attached hydrogen (secondary N) is 2. The largest absolute Gasteiger partial charge is 0.508 e. The van der Waals surface area contributed by atoms with Crippen LogP contribution in [-0.2, 0) is 6.42 Å². The minimum absolute atomic E-state index is 0.0623. The summed E-state index contributed by atoms with van der Waals surface area (Å²) in [5.74, 6) is 0.285. The molecule has 1 aliphatic heterocycles. The number of phenolic OH excluding ortho intramolecular Hbond substituents is 1. The van der Waals surface area contributed by atoms with Gasteiger partial charge in [0, 0.05) is 12.1 Å². The van der Waals surface area contributed by atoms with Gasteiger partial charge in [-0.25, -0.2) is 4.79 Å². The van der Waals surface area contributed by atoms with E-state index in [1.807, 2.05) is 19.1 Å². The van der Waals surface area contributed by atoms with Crippen LogP contribution in [0.3, 0.4) is 0 Å².